The van der Waals surface area contributed by atoms with E-state index < -0.39 is 0 Å². The van der Waals surface area contributed by atoms with Gasteiger partial charge in [0.1, 0.15) is 22.6 Å². The van der Waals surface area contributed by atoms with E-state index in [1.807, 2.05) is 36.4 Å². The Bertz CT molecular complexity index is 849. The number of para-hydroxylation sites is 1. The van der Waals surface area contributed by atoms with Crippen LogP contribution in [0.5, 0.6) is 11.5 Å². The largest absolute Gasteiger partial charge is 0.457 e. The molecule has 23 heavy (non-hydrogen) atoms. The SMILES string of the molecule is N#Cc1ccsc1NC(=O)c1ccc(Oc2ccccc2)cc1. The molecule has 3 rings (SSSR count). The Morgan fingerprint density at radius 2 is 1.70 bits per heavy atom. The van der Waals surface area contributed by atoms with Crippen LogP contribution in [-0.2, 0) is 0 Å². The number of hydrogen-bond acceptors (Lipinski definition) is 4. The van der Waals surface area contributed by atoms with Crippen molar-refractivity contribution < 1.29 is 9.53 Å². The smallest absolute Gasteiger partial charge is 0.256 e. The van der Waals surface area contributed by atoms with Gasteiger partial charge >= 0.3 is 0 Å². The summed E-state index contributed by atoms with van der Waals surface area (Å²) in [5, 5.41) is 14.0. The molecule has 0 bridgehead atoms. The van der Waals surface area contributed by atoms with E-state index in [4.69, 9.17) is 10.00 Å². The van der Waals surface area contributed by atoms with Crippen molar-refractivity contribution in [2.75, 3.05) is 5.32 Å². The maximum Gasteiger partial charge on any atom is 0.256 e. The number of benzene rings is 2. The first-order valence-corrected chi connectivity index (χ1v) is 7.76. The van der Waals surface area contributed by atoms with Gasteiger partial charge in [-0.05, 0) is 47.8 Å². The lowest BCUT2D eigenvalue weighted by molar-refractivity contribution is 0.102. The maximum absolute atomic E-state index is 12.2. The Balaban J connectivity index is 1.69. The zero-order chi connectivity index (χ0) is 16.1. The fourth-order valence-electron chi connectivity index (χ4n) is 1.97. The highest BCUT2D eigenvalue weighted by Crippen LogP contribution is 2.24. The van der Waals surface area contributed by atoms with E-state index in [-0.39, 0.29) is 5.91 Å². The maximum atomic E-state index is 12.2. The number of amides is 1. The first-order valence-electron chi connectivity index (χ1n) is 6.88. The molecule has 0 aliphatic carbocycles. The average molecular weight is 320 g/mol. The fourth-order valence-corrected chi connectivity index (χ4v) is 2.70. The van der Waals surface area contributed by atoms with Crippen molar-refractivity contribution in [2.24, 2.45) is 0 Å². The van der Waals surface area contributed by atoms with Gasteiger partial charge in [0, 0.05) is 5.56 Å². The van der Waals surface area contributed by atoms with Gasteiger partial charge in [0.05, 0.1) is 5.56 Å². The van der Waals surface area contributed by atoms with Crippen molar-refractivity contribution in [2.45, 2.75) is 0 Å². The van der Waals surface area contributed by atoms with Crippen molar-refractivity contribution >= 4 is 22.2 Å². The van der Waals surface area contributed by atoms with Crippen LogP contribution in [0.4, 0.5) is 5.00 Å². The summed E-state index contributed by atoms with van der Waals surface area (Å²) in [5.74, 6) is 1.14. The number of anilines is 1. The van der Waals surface area contributed by atoms with E-state index in [1.165, 1.54) is 11.3 Å². The zero-order valence-electron chi connectivity index (χ0n) is 12.0. The Hall–Kier alpha value is -3.10. The van der Waals surface area contributed by atoms with Crippen molar-refractivity contribution in [3.63, 3.8) is 0 Å². The molecule has 0 atom stereocenters. The minimum absolute atomic E-state index is 0.254. The summed E-state index contributed by atoms with van der Waals surface area (Å²) in [4.78, 5) is 12.2. The molecule has 0 fully saturated rings. The standard InChI is InChI=1S/C18H12N2O2S/c19-12-14-10-11-23-18(14)20-17(21)13-6-8-16(9-7-13)22-15-4-2-1-3-5-15/h1-11H,(H,20,21). The lowest BCUT2D eigenvalue weighted by Crippen LogP contribution is -2.11. The Kier molecular flexibility index (Phi) is 4.37. The molecule has 5 heteroatoms. The number of carbonyl (C=O) groups excluding carboxylic acids is 1. The van der Waals surface area contributed by atoms with Crippen LogP contribution in [0.3, 0.4) is 0 Å². The van der Waals surface area contributed by atoms with Crippen LogP contribution in [-0.4, -0.2) is 5.91 Å². The molecular formula is C18H12N2O2S. The van der Waals surface area contributed by atoms with Crippen LogP contribution >= 0.6 is 11.3 Å². The molecular weight excluding hydrogens is 308 g/mol. The van der Waals surface area contributed by atoms with Crippen LogP contribution in [0, 0.1) is 11.3 Å². The van der Waals surface area contributed by atoms with Crippen molar-refractivity contribution in [3.05, 3.63) is 77.2 Å². The third kappa shape index (κ3) is 3.57. The summed E-state index contributed by atoms with van der Waals surface area (Å²) < 4.78 is 5.68. The van der Waals surface area contributed by atoms with Crippen LogP contribution in [0.2, 0.25) is 0 Å². The van der Waals surface area contributed by atoms with E-state index in [2.05, 4.69) is 5.32 Å². The van der Waals surface area contributed by atoms with E-state index in [1.54, 1.807) is 35.7 Å². The zero-order valence-corrected chi connectivity index (χ0v) is 12.8. The molecule has 4 nitrogen and oxygen atoms in total. The van der Waals surface area contributed by atoms with E-state index in [9.17, 15) is 4.79 Å². The third-order valence-electron chi connectivity index (χ3n) is 3.11. The molecule has 1 heterocycles. The molecule has 0 saturated heterocycles. The van der Waals surface area contributed by atoms with Gasteiger partial charge in [-0.15, -0.1) is 11.3 Å². The molecule has 1 N–H and O–H groups in total. The lowest BCUT2D eigenvalue weighted by atomic mass is 10.2. The van der Waals surface area contributed by atoms with E-state index in [0.29, 0.717) is 21.9 Å². The van der Waals surface area contributed by atoms with Crippen molar-refractivity contribution in [1.29, 1.82) is 5.26 Å². The highest BCUT2D eigenvalue weighted by molar-refractivity contribution is 7.14. The summed E-state index contributed by atoms with van der Waals surface area (Å²) in [6.07, 6.45) is 0. The molecule has 0 unspecified atom stereocenters. The average Bonchev–Trinajstić information content (AvgIpc) is 3.03. The fraction of sp³-hybridized carbons (Fsp3) is 0. The van der Waals surface area contributed by atoms with Crippen LogP contribution in [0.1, 0.15) is 15.9 Å². The van der Waals surface area contributed by atoms with E-state index in [0.717, 1.165) is 5.75 Å². The van der Waals surface area contributed by atoms with Gasteiger partial charge in [-0.25, -0.2) is 0 Å². The van der Waals surface area contributed by atoms with E-state index >= 15 is 0 Å². The number of nitrogens with zero attached hydrogens (tertiary/aromatic N) is 1. The second-order valence-electron chi connectivity index (χ2n) is 4.67. The Morgan fingerprint density at radius 3 is 2.39 bits per heavy atom. The van der Waals surface area contributed by atoms with Gasteiger partial charge in [0.25, 0.3) is 5.91 Å². The van der Waals surface area contributed by atoms with Crippen molar-refractivity contribution in [1.82, 2.24) is 0 Å². The molecule has 1 aromatic heterocycles. The summed E-state index contributed by atoms with van der Waals surface area (Å²) in [5.41, 5.74) is 0.968. The van der Waals surface area contributed by atoms with Crippen LogP contribution < -0.4 is 10.1 Å². The first kappa shape index (κ1) is 14.8. The first-order chi connectivity index (χ1) is 11.3. The molecule has 3 aromatic rings. The summed E-state index contributed by atoms with van der Waals surface area (Å²) in [6.45, 7) is 0. The molecule has 0 radical (unpaired) electrons. The normalized spacial score (nSPS) is 9.87. The van der Waals surface area contributed by atoms with Crippen molar-refractivity contribution in [3.8, 4) is 17.6 Å². The minimum atomic E-state index is -0.254. The Morgan fingerprint density at radius 1 is 1.00 bits per heavy atom. The van der Waals surface area contributed by atoms with Gasteiger partial charge < -0.3 is 10.1 Å². The summed E-state index contributed by atoms with van der Waals surface area (Å²) in [7, 11) is 0. The number of thiophene rings is 1. The molecule has 0 saturated carbocycles. The molecule has 0 aliphatic heterocycles. The topological polar surface area (TPSA) is 62.1 Å². The molecule has 1 amide bonds. The molecule has 112 valence electrons. The molecule has 0 spiro atoms. The summed E-state index contributed by atoms with van der Waals surface area (Å²) >= 11 is 1.32. The van der Waals surface area contributed by atoms with Gasteiger partial charge in [-0.2, -0.15) is 5.26 Å². The molecule has 0 aliphatic rings. The van der Waals surface area contributed by atoms with Gasteiger partial charge in [0.15, 0.2) is 0 Å². The monoisotopic (exact) mass is 320 g/mol. The highest BCUT2D eigenvalue weighted by Gasteiger charge is 2.10. The van der Waals surface area contributed by atoms with Gasteiger partial charge in [-0.3, -0.25) is 4.79 Å². The Labute approximate surface area is 137 Å². The number of rotatable bonds is 4. The third-order valence-corrected chi connectivity index (χ3v) is 3.94. The van der Waals surface area contributed by atoms with Gasteiger partial charge in [-0.1, -0.05) is 18.2 Å². The summed E-state index contributed by atoms with van der Waals surface area (Å²) in [6, 6.07) is 20.0. The predicted octanol–water partition coefficient (Wildman–Crippen LogP) is 4.66. The lowest BCUT2D eigenvalue weighted by Gasteiger charge is -2.07. The number of nitriles is 1. The molecule has 2 aromatic carbocycles. The number of hydrogen-bond donors (Lipinski definition) is 1. The number of carbonyl (C=O) groups is 1. The van der Waals surface area contributed by atoms with Crippen LogP contribution in [0.25, 0.3) is 0 Å². The second-order valence-corrected chi connectivity index (χ2v) is 5.58. The number of ether oxygens (including phenoxy) is 1. The van der Waals surface area contributed by atoms with Gasteiger partial charge in [0.2, 0.25) is 0 Å². The number of nitrogens with one attached hydrogen (secondary N) is 1. The highest BCUT2D eigenvalue weighted by atomic mass is 32.1. The van der Waals surface area contributed by atoms with Crippen LogP contribution in [0.15, 0.2) is 66.0 Å². The predicted molar refractivity (Wildman–Crippen MR) is 89.9 cm³/mol. The second kappa shape index (κ2) is 6.77. The minimum Gasteiger partial charge on any atom is -0.457 e. The quantitative estimate of drug-likeness (QED) is 0.760.